The highest BCUT2D eigenvalue weighted by atomic mass is 14.8. The average Bonchev–Trinajstić information content (AvgIpc) is 2.26. The van der Waals surface area contributed by atoms with Crippen molar-refractivity contribution in [1.82, 2.24) is 5.32 Å². The summed E-state index contributed by atoms with van der Waals surface area (Å²) in [6, 6.07) is 0. The van der Waals surface area contributed by atoms with Crippen LogP contribution in [0.3, 0.4) is 0 Å². The topological polar surface area (TPSA) is 38.0 Å². The molecule has 0 unspecified atom stereocenters. The van der Waals surface area contributed by atoms with Gasteiger partial charge in [-0.15, -0.1) is 0 Å². The molecule has 0 bridgehead atoms. The van der Waals surface area contributed by atoms with Crippen molar-refractivity contribution in [2.75, 3.05) is 19.6 Å². The van der Waals surface area contributed by atoms with Crippen LogP contribution in [0.25, 0.3) is 0 Å². The Morgan fingerprint density at radius 2 is 1.27 bits per heavy atom. The van der Waals surface area contributed by atoms with Gasteiger partial charge in [-0.1, -0.05) is 45.4 Å². The Morgan fingerprint density at radius 3 is 1.87 bits per heavy atom. The summed E-state index contributed by atoms with van der Waals surface area (Å²) in [6.45, 7) is 5.51. The van der Waals surface area contributed by atoms with Crippen molar-refractivity contribution < 1.29 is 0 Å². The summed E-state index contributed by atoms with van der Waals surface area (Å²) in [6.07, 6.45) is 12.1. The highest BCUT2D eigenvalue weighted by Gasteiger charge is 1.91. The van der Waals surface area contributed by atoms with Crippen LogP contribution < -0.4 is 11.1 Å². The molecular formula is C13H30N2. The summed E-state index contributed by atoms with van der Waals surface area (Å²) in [7, 11) is 0. The molecule has 0 saturated heterocycles. The van der Waals surface area contributed by atoms with Gasteiger partial charge in [0.05, 0.1) is 0 Å². The first-order valence-electron chi connectivity index (χ1n) is 6.82. The first kappa shape index (κ1) is 14.9. The van der Waals surface area contributed by atoms with Gasteiger partial charge >= 0.3 is 0 Å². The van der Waals surface area contributed by atoms with E-state index in [0.717, 1.165) is 6.54 Å². The van der Waals surface area contributed by atoms with Crippen LogP contribution in [0.5, 0.6) is 0 Å². The molecule has 0 amide bonds. The Morgan fingerprint density at radius 1 is 0.733 bits per heavy atom. The molecule has 0 aromatic heterocycles. The van der Waals surface area contributed by atoms with E-state index in [1.165, 1.54) is 70.9 Å². The van der Waals surface area contributed by atoms with Crippen molar-refractivity contribution in [2.45, 2.75) is 64.7 Å². The van der Waals surface area contributed by atoms with Gasteiger partial charge in [-0.05, 0) is 38.9 Å². The van der Waals surface area contributed by atoms with Gasteiger partial charge in [0, 0.05) is 0 Å². The number of nitrogens with one attached hydrogen (secondary N) is 1. The Balaban J connectivity index is 2.81. The molecule has 92 valence electrons. The molecule has 0 saturated carbocycles. The molecule has 0 heterocycles. The predicted octanol–water partition coefficient (Wildman–Crippen LogP) is 3.07. The molecule has 0 rings (SSSR count). The van der Waals surface area contributed by atoms with Crippen LogP contribution in [-0.4, -0.2) is 19.6 Å². The van der Waals surface area contributed by atoms with Gasteiger partial charge in [0.25, 0.3) is 0 Å². The van der Waals surface area contributed by atoms with E-state index in [9.17, 15) is 0 Å². The number of hydrogen-bond donors (Lipinski definition) is 2. The van der Waals surface area contributed by atoms with E-state index in [-0.39, 0.29) is 0 Å². The third-order valence-electron chi connectivity index (χ3n) is 2.76. The van der Waals surface area contributed by atoms with E-state index in [0.29, 0.717) is 0 Å². The molecule has 15 heavy (non-hydrogen) atoms. The van der Waals surface area contributed by atoms with E-state index >= 15 is 0 Å². The van der Waals surface area contributed by atoms with Gasteiger partial charge in [0.1, 0.15) is 0 Å². The maximum atomic E-state index is 5.44. The predicted molar refractivity (Wildman–Crippen MR) is 69.2 cm³/mol. The van der Waals surface area contributed by atoms with Crippen molar-refractivity contribution in [2.24, 2.45) is 5.73 Å². The Bertz CT molecular complexity index is 92.7. The zero-order chi connectivity index (χ0) is 11.2. The summed E-state index contributed by atoms with van der Waals surface area (Å²) in [5.74, 6) is 0. The highest BCUT2D eigenvalue weighted by molar-refractivity contribution is 4.50. The molecular weight excluding hydrogens is 184 g/mol. The summed E-state index contributed by atoms with van der Waals surface area (Å²) < 4.78 is 0. The second-order valence-corrected chi connectivity index (χ2v) is 4.37. The summed E-state index contributed by atoms with van der Waals surface area (Å²) in [4.78, 5) is 0. The van der Waals surface area contributed by atoms with Crippen LogP contribution in [0.2, 0.25) is 0 Å². The minimum Gasteiger partial charge on any atom is -0.330 e. The van der Waals surface area contributed by atoms with Gasteiger partial charge < -0.3 is 11.1 Å². The maximum Gasteiger partial charge on any atom is -0.00489 e. The molecule has 3 N–H and O–H groups in total. The number of hydrogen-bond acceptors (Lipinski definition) is 2. The number of rotatable bonds is 12. The number of unbranched alkanes of at least 4 members (excludes halogenated alkanes) is 7. The molecule has 0 aliphatic rings. The fourth-order valence-corrected chi connectivity index (χ4v) is 1.70. The molecule has 0 radical (unpaired) electrons. The van der Waals surface area contributed by atoms with Gasteiger partial charge in [0.2, 0.25) is 0 Å². The molecule has 0 aromatic rings. The molecule has 0 aliphatic carbocycles. The zero-order valence-corrected chi connectivity index (χ0v) is 10.6. The SMILES string of the molecule is CCCCNCCCCCCCCCN. The van der Waals surface area contributed by atoms with Crippen LogP contribution >= 0.6 is 0 Å². The Hall–Kier alpha value is -0.0800. The molecule has 0 aliphatic heterocycles. The van der Waals surface area contributed by atoms with Crippen molar-refractivity contribution >= 4 is 0 Å². The second kappa shape index (κ2) is 13.9. The van der Waals surface area contributed by atoms with Crippen molar-refractivity contribution in [3.63, 3.8) is 0 Å². The van der Waals surface area contributed by atoms with Crippen molar-refractivity contribution in [3.05, 3.63) is 0 Å². The minimum atomic E-state index is 0.862. The van der Waals surface area contributed by atoms with Crippen LogP contribution in [0, 0.1) is 0 Å². The largest absolute Gasteiger partial charge is 0.330 e. The third kappa shape index (κ3) is 13.9. The lowest BCUT2D eigenvalue weighted by molar-refractivity contribution is 0.553. The first-order chi connectivity index (χ1) is 7.41. The molecule has 0 fully saturated rings. The van der Waals surface area contributed by atoms with E-state index in [1.807, 2.05) is 0 Å². The first-order valence-corrected chi connectivity index (χ1v) is 6.82. The Kier molecular flexibility index (Phi) is 13.8. The standard InChI is InChI=1S/C13H30N2/c1-2-3-12-15-13-10-8-6-4-5-7-9-11-14/h15H,2-14H2,1H3. The second-order valence-electron chi connectivity index (χ2n) is 4.37. The van der Waals surface area contributed by atoms with Crippen LogP contribution in [-0.2, 0) is 0 Å². The van der Waals surface area contributed by atoms with Crippen LogP contribution in [0.4, 0.5) is 0 Å². The zero-order valence-electron chi connectivity index (χ0n) is 10.6. The quantitative estimate of drug-likeness (QED) is 0.490. The van der Waals surface area contributed by atoms with Gasteiger partial charge in [0.15, 0.2) is 0 Å². The third-order valence-corrected chi connectivity index (χ3v) is 2.76. The summed E-state index contributed by atoms with van der Waals surface area (Å²) in [5, 5.41) is 3.48. The highest BCUT2D eigenvalue weighted by Crippen LogP contribution is 2.06. The van der Waals surface area contributed by atoms with E-state index in [2.05, 4.69) is 12.2 Å². The normalized spacial score (nSPS) is 10.8. The fraction of sp³-hybridized carbons (Fsp3) is 1.00. The van der Waals surface area contributed by atoms with Gasteiger partial charge in [-0.3, -0.25) is 0 Å². The molecule has 0 spiro atoms. The summed E-state index contributed by atoms with van der Waals surface area (Å²) >= 11 is 0. The Labute approximate surface area is 96.0 Å². The van der Waals surface area contributed by atoms with Gasteiger partial charge in [-0.2, -0.15) is 0 Å². The molecule has 2 nitrogen and oxygen atoms in total. The lowest BCUT2D eigenvalue weighted by Crippen LogP contribution is -2.16. The smallest absolute Gasteiger partial charge is 0.00489 e. The van der Waals surface area contributed by atoms with Crippen LogP contribution in [0.15, 0.2) is 0 Å². The number of nitrogens with two attached hydrogens (primary N) is 1. The van der Waals surface area contributed by atoms with E-state index in [1.54, 1.807) is 0 Å². The van der Waals surface area contributed by atoms with E-state index in [4.69, 9.17) is 5.73 Å². The average molecular weight is 214 g/mol. The lowest BCUT2D eigenvalue weighted by Gasteiger charge is -2.03. The molecule has 0 aromatic carbocycles. The maximum absolute atomic E-state index is 5.44. The van der Waals surface area contributed by atoms with E-state index < -0.39 is 0 Å². The molecule has 2 heteroatoms. The van der Waals surface area contributed by atoms with Crippen molar-refractivity contribution in [3.8, 4) is 0 Å². The monoisotopic (exact) mass is 214 g/mol. The fourth-order valence-electron chi connectivity index (χ4n) is 1.70. The lowest BCUT2D eigenvalue weighted by atomic mass is 10.1. The summed E-state index contributed by atoms with van der Waals surface area (Å²) in [5.41, 5.74) is 5.44. The van der Waals surface area contributed by atoms with Crippen molar-refractivity contribution in [1.29, 1.82) is 0 Å². The van der Waals surface area contributed by atoms with Crippen LogP contribution in [0.1, 0.15) is 64.7 Å². The minimum absolute atomic E-state index is 0.862. The molecule has 0 atom stereocenters. The van der Waals surface area contributed by atoms with Gasteiger partial charge in [-0.25, -0.2) is 0 Å².